The van der Waals surface area contributed by atoms with E-state index in [1.54, 1.807) is 19.2 Å². The summed E-state index contributed by atoms with van der Waals surface area (Å²) in [6.45, 7) is 2.58. The van der Waals surface area contributed by atoms with Crippen molar-refractivity contribution in [1.82, 2.24) is 9.88 Å². The lowest BCUT2D eigenvalue weighted by atomic mass is 9.95. The van der Waals surface area contributed by atoms with E-state index in [4.69, 9.17) is 19.6 Å². The molecular formula is C22H29N3O4S. The van der Waals surface area contributed by atoms with E-state index in [9.17, 15) is 8.42 Å². The fourth-order valence-electron chi connectivity index (χ4n) is 4.29. The number of sulfonamides is 1. The molecule has 0 aliphatic carbocycles. The van der Waals surface area contributed by atoms with Crippen molar-refractivity contribution in [3.05, 3.63) is 41.1 Å². The molecule has 1 unspecified atom stereocenters. The maximum Gasteiger partial charge on any atom is 0.238 e. The zero-order valence-corrected chi connectivity index (χ0v) is 18.4. The Balaban J connectivity index is 1.87. The fraction of sp³-hybridized carbons (Fsp3) is 0.500. The van der Waals surface area contributed by atoms with Gasteiger partial charge in [-0.15, -0.1) is 0 Å². The first kappa shape index (κ1) is 21.2. The van der Waals surface area contributed by atoms with Crippen molar-refractivity contribution in [3.63, 3.8) is 0 Å². The molecule has 0 amide bonds. The van der Waals surface area contributed by atoms with Crippen molar-refractivity contribution in [1.29, 1.82) is 0 Å². The smallest absolute Gasteiger partial charge is 0.238 e. The number of primary sulfonamides is 1. The molecule has 1 saturated heterocycles. The molecule has 4 rings (SSSR count). The lowest BCUT2D eigenvalue weighted by Gasteiger charge is -2.24. The first-order valence-corrected chi connectivity index (χ1v) is 12.0. The normalized spacial score (nSPS) is 20.4. The van der Waals surface area contributed by atoms with Crippen LogP contribution in [-0.4, -0.2) is 52.2 Å². The predicted molar refractivity (Wildman–Crippen MR) is 115 cm³/mol. The molecule has 2 N–H and O–H groups in total. The average molecular weight is 432 g/mol. The number of pyridine rings is 1. The second kappa shape index (κ2) is 8.63. The zero-order chi connectivity index (χ0) is 21.3. The highest BCUT2D eigenvalue weighted by Gasteiger charge is 2.25. The van der Waals surface area contributed by atoms with Crippen LogP contribution in [0.3, 0.4) is 0 Å². The molecule has 1 aromatic heterocycles. The lowest BCUT2D eigenvalue weighted by molar-refractivity contribution is 0.0149. The lowest BCUT2D eigenvalue weighted by Crippen LogP contribution is -2.20. The molecule has 2 aliphatic heterocycles. The first-order chi connectivity index (χ1) is 14.4. The molecule has 2 aromatic rings. The Hall–Kier alpha value is -2.00. The molecule has 0 radical (unpaired) electrons. The number of aromatic nitrogens is 1. The van der Waals surface area contributed by atoms with Crippen LogP contribution in [0.2, 0.25) is 0 Å². The first-order valence-electron chi connectivity index (χ1n) is 10.4. The van der Waals surface area contributed by atoms with Gasteiger partial charge in [-0.05, 0) is 62.1 Å². The van der Waals surface area contributed by atoms with Crippen LogP contribution >= 0.6 is 0 Å². The summed E-state index contributed by atoms with van der Waals surface area (Å²) in [6.07, 6.45) is 4.71. The highest BCUT2D eigenvalue weighted by Crippen LogP contribution is 2.38. The van der Waals surface area contributed by atoms with Gasteiger partial charge in [0.1, 0.15) is 0 Å². The number of nitrogens with two attached hydrogens (primary N) is 1. The Morgan fingerprint density at radius 2 is 1.97 bits per heavy atom. The molecule has 0 saturated carbocycles. The quantitative estimate of drug-likeness (QED) is 0.800. The molecule has 162 valence electrons. The average Bonchev–Trinajstić information content (AvgIpc) is 2.93. The molecule has 0 spiro atoms. The van der Waals surface area contributed by atoms with E-state index < -0.39 is 10.0 Å². The number of hydrogen-bond acceptors (Lipinski definition) is 6. The highest BCUT2D eigenvalue weighted by atomic mass is 32.2. The van der Waals surface area contributed by atoms with Crippen molar-refractivity contribution in [2.75, 3.05) is 33.9 Å². The van der Waals surface area contributed by atoms with Crippen LogP contribution in [0.4, 0.5) is 0 Å². The summed E-state index contributed by atoms with van der Waals surface area (Å²) in [5, 5.41) is 5.57. The summed E-state index contributed by atoms with van der Waals surface area (Å²) in [7, 11) is -0.268. The van der Waals surface area contributed by atoms with Crippen molar-refractivity contribution in [3.8, 4) is 17.0 Å². The zero-order valence-electron chi connectivity index (χ0n) is 17.6. The Labute approximate surface area is 178 Å². The summed E-state index contributed by atoms with van der Waals surface area (Å²) in [5.74, 6) is 0.421. The number of benzene rings is 1. The van der Waals surface area contributed by atoms with Gasteiger partial charge in [0.15, 0.2) is 0 Å². The van der Waals surface area contributed by atoms with Gasteiger partial charge >= 0.3 is 0 Å². The summed E-state index contributed by atoms with van der Waals surface area (Å²) in [5.41, 5.74) is 4.25. The number of hydrogen-bond donors (Lipinski definition) is 1. The minimum absolute atomic E-state index is 0.0412. The molecule has 3 heterocycles. The van der Waals surface area contributed by atoms with E-state index in [1.807, 2.05) is 12.1 Å². The van der Waals surface area contributed by atoms with Crippen LogP contribution in [0.5, 0.6) is 5.88 Å². The molecule has 0 bridgehead atoms. The Morgan fingerprint density at radius 1 is 1.17 bits per heavy atom. The van der Waals surface area contributed by atoms with Gasteiger partial charge in [0.25, 0.3) is 0 Å². The van der Waals surface area contributed by atoms with Crippen molar-refractivity contribution >= 4 is 10.0 Å². The number of likely N-dealkylation sites (N-methyl/N-ethyl adjacent to an activating group) is 1. The van der Waals surface area contributed by atoms with E-state index in [1.165, 1.54) is 0 Å². The van der Waals surface area contributed by atoms with Gasteiger partial charge in [-0.1, -0.05) is 6.07 Å². The third-order valence-corrected chi connectivity index (χ3v) is 6.96. The van der Waals surface area contributed by atoms with Crippen LogP contribution in [0.15, 0.2) is 29.2 Å². The minimum Gasteiger partial charge on any atom is -0.481 e. The van der Waals surface area contributed by atoms with E-state index in [0.717, 1.165) is 62.0 Å². The molecule has 1 aromatic carbocycles. The number of rotatable bonds is 4. The summed E-state index contributed by atoms with van der Waals surface area (Å²) in [4.78, 5) is 7.10. The van der Waals surface area contributed by atoms with Gasteiger partial charge in [0.05, 0.1) is 18.1 Å². The Bertz CT molecular complexity index is 1030. The van der Waals surface area contributed by atoms with E-state index >= 15 is 0 Å². The molecular weight excluding hydrogens is 402 g/mol. The van der Waals surface area contributed by atoms with Crippen LogP contribution in [0.25, 0.3) is 11.1 Å². The van der Waals surface area contributed by atoms with Crippen LogP contribution in [0, 0.1) is 0 Å². The molecule has 2 aliphatic rings. The summed E-state index contributed by atoms with van der Waals surface area (Å²) < 4.78 is 36.3. The van der Waals surface area contributed by atoms with Gasteiger partial charge < -0.3 is 14.4 Å². The molecule has 7 nitrogen and oxygen atoms in total. The standard InChI is InChI=1S/C22H29N3O4S/c1-25-10-8-15-13-18(22(28-2)24-19(15)9-11-25)17-14-16(20-5-3-4-12-29-20)6-7-21(17)30(23,26)27/h6-7,13-14,20H,3-5,8-12H2,1-2H3,(H2,23,26,27). The van der Waals surface area contributed by atoms with E-state index in [0.29, 0.717) is 23.6 Å². The Kier molecular flexibility index (Phi) is 6.11. The van der Waals surface area contributed by atoms with Crippen molar-refractivity contribution in [2.24, 2.45) is 5.14 Å². The topological polar surface area (TPSA) is 94.7 Å². The predicted octanol–water partition coefficient (Wildman–Crippen LogP) is 2.68. The monoisotopic (exact) mass is 431 g/mol. The maximum absolute atomic E-state index is 12.4. The maximum atomic E-state index is 12.4. The molecule has 8 heteroatoms. The summed E-state index contributed by atoms with van der Waals surface area (Å²) in [6, 6.07) is 7.29. The van der Waals surface area contributed by atoms with Crippen molar-refractivity contribution < 1.29 is 17.9 Å². The van der Waals surface area contributed by atoms with Gasteiger partial charge in [-0.2, -0.15) is 0 Å². The van der Waals surface area contributed by atoms with E-state index in [2.05, 4.69) is 11.9 Å². The van der Waals surface area contributed by atoms with Gasteiger partial charge in [0, 0.05) is 42.9 Å². The van der Waals surface area contributed by atoms with Crippen molar-refractivity contribution in [2.45, 2.75) is 43.1 Å². The highest BCUT2D eigenvalue weighted by molar-refractivity contribution is 7.89. The molecule has 1 atom stereocenters. The molecule has 1 fully saturated rings. The van der Waals surface area contributed by atoms with Crippen LogP contribution in [-0.2, 0) is 27.6 Å². The van der Waals surface area contributed by atoms with Gasteiger partial charge in [-0.25, -0.2) is 18.5 Å². The fourth-order valence-corrected chi connectivity index (χ4v) is 5.02. The van der Waals surface area contributed by atoms with Gasteiger partial charge in [0.2, 0.25) is 15.9 Å². The number of ether oxygens (including phenoxy) is 2. The number of fused-ring (bicyclic) bond motifs is 1. The van der Waals surface area contributed by atoms with Crippen LogP contribution < -0.4 is 9.88 Å². The van der Waals surface area contributed by atoms with Gasteiger partial charge in [-0.3, -0.25) is 0 Å². The third kappa shape index (κ3) is 4.37. The third-order valence-electron chi connectivity index (χ3n) is 5.99. The van der Waals surface area contributed by atoms with Crippen LogP contribution in [0.1, 0.15) is 42.2 Å². The second-order valence-corrected chi connectivity index (χ2v) is 9.64. The van der Waals surface area contributed by atoms with E-state index in [-0.39, 0.29) is 11.0 Å². The number of nitrogens with zero attached hydrogens (tertiary/aromatic N) is 2. The number of methoxy groups -OCH3 is 1. The second-order valence-electron chi connectivity index (χ2n) is 8.11. The largest absolute Gasteiger partial charge is 0.481 e. The Morgan fingerprint density at radius 3 is 2.67 bits per heavy atom. The SMILES string of the molecule is COc1nc2c(cc1-c1cc(C3CCCCO3)ccc1S(N)(=O)=O)CCN(C)CC2. The summed E-state index contributed by atoms with van der Waals surface area (Å²) >= 11 is 0. The minimum atomic E-state index is -3.92. The molecule has 30 heavy (non-hydrogen) atoms.